The predicted octanol–water partition coefficient (Wildman–Crippen LogP) is 1.26. The number of nitrogens with one attached hydrogen (secondary N) is 1. The minimum atomic E-state index is -1.05. The number of carboxylic acids is 1. The highest BCUT2D eigenvalue weighted by atomic mass is 16.4. The van der Waals surface area contributed by atoms with Crippen LogP contribution in [0.15, 0.2) is 0 Å². The van der Waals surface area contributed by atoms with Crippen LogP contribution in [0.4, 0.5) is 0 Å². The quantitative estimate of drug-likeness (QED) is 0.690. The fourth-order valence-corrected chi connectivity index (χ4v) is 2.57. The molecule has 1 aliphatic carbocycles. The molecule has 0 radical (unpaired) electrons. The summed E-state index contributed by atoms with van der Waals surface area (Å²) in [6.45, 7) is 4.16. The molecule has 1 saturated carbocycles. The van der Waals surface area contributed by atoms with Gasteiger partial charge in [-0.05, 0) is 25.2 Å². The molecule has 1 amide bonds. The fraction of sp³-hybridized carbons (Fsp3) is 0.846. The first-order valence-electron chi connectivity index (χ1n) is 6.63. The molecule has 5 nitrogen and oxygen atoms in total. The summed E-state index contributed by atoms with van der Waals surface area (Å²) in [4.78, 5) is 22.3. The van der Waals surface area contributed by atoms with E-state index in [1.54, 1.807) is 0 Å². The molecule has 1 aliphatic rings. The first-order chi connectivity index (χ1) is 8.35. The van der Waals surface area contributed by atoms with Crippen molar-refractivity contribution in [3.8, 4) is 0 Å². The van der Waals surface area contributed by atoms with Gasteiger partial charge in [0.15, 0.2) is 0 Å². The van der Waals surface area contributed by atoms with Gasteiger partial charge >= 0.3 is 5.97 Å². The number of nitrogens with two attached hydrogens (primary N) is 1. The van der Waals surface area contributed by atoms with E-state index in [2.05, 4.69) is 12.2 Å². The Morgan fingerprint density at radius 1 is 1.33 bits per heavy atom. The second kappa shape index (κ2) is 6.18. The highest BCUT2D eigenvalue weighted by molar-refractivity contribution is 5.86. The highest BCUT2D eigenvalue weighted by Gasteiger charge is 2.34. The maximum atomic E-state index is 11.8. The van der Waals surface area contributed by atoms with Crippen LogP contribution in [0.25, 0.3) is 0 Å². The minimum Gasteiger partial charge on any atom is -0.481 e. The van der Waals surface area contributed by atoms with Gasteiger partial charge in [0.25, 0.3) is 0 Å². The predicted molar refractivity (Wildman–Crippen MR) is 69.0 cm³/mol. The maximum Gasteiger partial charge on any atom is 0.305 e. The average molecular weight is 256 g/mol. The third-order valence-corrected chi connectivity index (χ3v) is 4.13. The SMILES string of the molecule is CC(NC(=O)[C@@H](N)CC(=O)O)C1(C)CCCCC1. The zero-order chi connectivity index (χ0) is 13.8. The van der Waals surface area contributed by atoms with Gasteiger partial charge in [0.2, 0.25) is 5.91 Å². The highest BCUT2D eigenvalue weighted by Crippen LogP contribution is 2.38. The van der Waals surface area contributed by atoms with Gasteiger partial charge in [-0.15, -0.1) is 0 Å². The summed E-state index contributed by atoms with van der Waals surface area (Å²) >= 11 is 0. The molecule has 0 aromatic heterocycles. The molecule has 4 N–H and O–H groups in total. The summed E-state index contributed by atoms with van der Waals surface area (Å²) in [5.41, 5.74) is 5.65. The minimum absolute atomic E-state index is 0.0325. The molecule has 0 aliphatic heterocycles. The van der Waals surface area contributed by atoms with Crippen molar-refractivity contribution < 1.29 is 14.7 Å². The molecule has 1 fully saturated rings. The Balaban J connectivity index is 2.50. The van der Waals surface area contributed by atoms with Crippen LogP contribution in [0.5, 0.6) is 0 Å². The normalized spacial score (nSPS) is 21.9. The standard InChI is InChI=1S/C13H24N2O3/c1-9(13(2)6-4-3-5-7-13)15-12(18)10(14)8-11(16)17/h9-10H,3-8,14H2,1-2H3,(H,15,18)(H,16,17)/t9?,10-/m0/s1. The van der Waals surface area contributed by atoms with Crippen molar-refractivity contribution in [1.29, 1.82) is 0 Å². The van der Waals surface area contributed by atoms with E-state index in [-0.39, 0.29) is 23.8 Å². The number of hydrogen-bond acceptors (Lipinski definition) is 3. The number of aliphatic carboxylic acids is 1. The lowest BCUT2D eigenvalue weighted by atomic mass is 9.71. The summed E-state index contributed by atoms with van der Waals surface area (Å²) in [7, 11) is 0. The van der Waals surface area contributed by atoms with E-state index >= 15 is 0 Å². The smallest absolute Gasteiger partial charge is 0.305 e. The van der Waals surface area contributed by atoms with Crippen LogP contribution in [-0.4, -0.2) is 29.1 Å². The van der Waals surface area contributed by atoms with Gasteiger partial charge in [0, 0.05) is 6.04 Å². The first kappa shape index (κ1) is 15.0. The Bertz CT molecular complexity index is 311. The van der Waals surface area contributed by atoms with Gasteiger partial charge in [-0.1, -0.05) is 26.2 Å². The zero-order valence-corrected chi connectivity index (χ0v) is 11.2. The lowest BCUT2D eigenvalue weighted by molar-refractivity contribution is -0.139. The number of carbonyl (C=O) groups is 2. The molecule has 18 heavy (non-hydrogen) atoms. The van der Waals surface area contributed by atoms with E-state index in [9.17, 15) is 9.59 Å². The van der Waals surface area contributed by atoms with Gasteiger partial charge in [-0.2, -0.15) is 0 Å². The molecule has 0 saturated heterocycles. The van der Waals surface area contributed by atoms with E-state index in [0.29, 0.717) is 0 Å². The Morgan fingerprint density at radius 2 is 1.89 bits per heavy atom. The molecule has 104 valence electrons. The summed E-state index contributed by atoms with van der Waals surface area (Å²) in [6.07, 6.45) is 5.52. The molecular formula is C13H24N2O3. The molecule has 0 bridgehead atoms. The van der Waals surface area contributed by atoms with Crippen molar-refractivity contribution in [3.63, 3.8) is 0 Å². The van der Waals surface area contributed by atoms with E-state index in [1.165, 1.54) is 19.3 Å². The summed E-state index contributed by atoms with van der Waals surface area (Å²) in [5.74, 6) is -1.41. The van der Waals surface area contributed by atoms with E-state index < -0.39 is 12.0 Å². The Labute approximate surface area is 108 Å². The van der Waals surface area contributed by atoms with Crippen LogP contribution < -0.4 is 11.1 Å². The molecule has 0 aromatic rings. The molecule has 1 unspecified atom stereocenters. The maximum absolute atomic E-state index is 11.8. The van der Waals surface area contributed by atoms with Crippen molar-refractivity contribution in [2.75, 3.05) is 0 Å². The van der Waals surface area contributed by atoms with Crippen molar-refractivity contribution in [2.24, 2.45) is 11.1 Å². The van der Waals surface area contributed by atoms with Gasteiger partial charge in [-0.25, -0.2) is 0 Å². The summed E-state index contributed by atoms with van der Waals surface area (Å²) in [6, 6.07) is -0.928. The largest absolute Gasteiger partial charge is 0.481 e. The average Bonchev–Trinajstić information content (AvgIpc) is 2.28. The number of hydrogen-bond donors (Lipinski definition) is 3. The third kappa shape index (κ3) is 3.98. The van der Waals surface area contributed by atoms with Gasteiger partial charge in [0.05, 0.1) is 12.5 Å². The Hall–Kier alpha value is -1.10. The number of carbonyl (C=O) groups excluding carboxylic acids is 1. The van der Waals surface area contributed by atoms with Crippen LogP contribution in [-0.2, 0) is 9.59 Å². The van der Waals surface area contributed by atoms with Crippen molar-refractivity contribution in [1.82, 2.24) is 5.32 Å². The molecule has 0 aromatic carbocycles. The molecular weight excluding hydrogens is 232 g/mol. The first-order valence-corrected chi connectivity index (χ1v) is 6.63. The third-order valence-electron chi connectivity index (χ3n) is 4.13. The van der Waals surface area contributed by atoms with Crippen LogP contribution in [0, 0.1) is 5.41 Å². The van der Waals surface area contributed by atoms with Crippen molar-refractivity contribution in [3.05, 3.63) is 0 Å². The van der Waals surface area contributed by atoms with Crippen molar-refractivity contribution >= 4 is 11.9 Å². The molecule has 2 atom stereocenters. The molecule has 5 heteroatoms. The van der Waals surface area contributed by atoms with E-state index in [0.717, 1.165) is 12.8 Å². The number of rotatable bonds is 5. The number of amides is 1. The van der Waals surface area contributed by atoms with Gasteiger partial charge in [-0.3, -0.25) is 9.59 Å². The Morgan fingerprint density at radius 3 is 2.39 bits per heavy atom. The molecule has 1 rings (SSSR count). The van der Waals surface area contributed by atoms with Gasteiger partial charge < -0.3 is 16.2 Å². The number of carboxylic acid groups (broad SMARTS) is 1. The molecule has 0 heterocycles. The van der Waals surface area contributed by atoms with E-state index in [1.807, 2.05) is 6.92 Å². The van der Waals surface area contributed by atoms with Gasteiger partial charge in [0.1, 0.15) is 0 Å². The van der Waals surface area contributed by atoms with Crippen molar-refractivity contribution in [2.45, 2.75) is 64.5 Å². The Kier molecular flexibility index (Phi) is 5.14. The van der Waals surface area contributed by atoms with Crippen LogP contribution >= 0.6 is 0 Å². The van der Waals surface area contributed by atoms with Crippen LogP contribution in [0.2, 0.25) is 0 Å². The monoisotopic (exact) mass is 256 g/mol. The second-order valence-electron chi connectivity index (χ2n) is 5.65. The lowest BCUT2D eigenvalue weighted by Gasteiger charge is -2.39. The fourth-order valence-electron chi connectivity index (χ4n) is 2.57. The summed E-state index contributed by atoms with van der Waals surface area (Å²) in [5, 5.41) is 11.5. The zero-order valence-electron chi connectivity index (χ0n) is 11.2. The van der Waals surface area contributed by atoms with Crippen LogP contribution in [0.3, 0.4) is 0 Å². The van der Waals surface area contributed by atoms with Crippen LogP contribution in [0.1, 0.15) is 52.4 Å². The second-order valence-corrected chi connectivity index (χ2v) is 5.65. The lowest BCUT2D eigenvalue weighted by Crippen LogP contribution is -2.51. The van der Waals surface area contributed by atoms with E-state index in [4.69, 9.17) is 10.8 Å². The topological polar surface area (TPSA) is 92.4 Å². The summed E-state index contributed by atoms with van der Waals surface area (Å²) < 4.78 is 0. The molecule has 0 spiro atoms.